The summed E-state index contributed by atoms with van der Waals surface area (Å²) in [6, 6.07) is 25.7. The second-order valence-corrected chi connectivity index (χ2v) is 9.77. The van der Waals surface area contributed by atoms with E-state index in [-0.39, 0.29) is 24.4 Å². The predicted molar refractivity (Wildman–Crippen MR) is 153 cm³/mol. The van der Waals surface area contributed by atoms with E-state index < -0.39 is 29.7 Å². The molecule has 0 aliphatic heterocycles. The van der Waals surface area contributed by atoms with Crippen molar-refractivity contribution < 1.29 is 28.6 Å². The number of benzene rings is 5. The Morgan fingerprint density at radius 3 is 1.75 bits per heavy atom. The molecule has 2 atom stereocenters. The molecule has 5 aromatic rings. The van der Waals surface area contributed by atoms with E-state index in [0.29, 0.717) is 5.56 Å². The first-order chi connectivity index (χ1) is 19.5. The Hall–Kier alpha value is -4.71. The van der Waals surface area contributed by atoms with Crippen LogP contribution in [0.25, 0.3) is 32.3 Å². The molecule has 0 amide bonds. The van der Waals surface area contributed by atoms with Gasteiger partial charge in [0.2, 0.25) is 0 Å². The van der Waals surface area contributed by atoms with Gasteiger partial charge in [-0.2, -0.15) is 0 Å². The van der Waals surface area contributed by atoms with Crippen molar-refractivity contribution in [1.29, 1.82) is 0 Å². The Balaban J connectivity index is 1.88. The Morgan fingerprint density at radius 2 is 1.20 bits per heavy atom. The highest BCUT2D eigenvalue weighted by Crippen LogP contribution is 2.53. The van der Waals surface area contributed by atoms with Crippen molar-refractivity contribution in [2.45, 2.75) is 25.7 Å². The van der Waals surface area contributed by atoms with Crippen LogP contribution in [0.1, 0.15) is 42.4 Å². The number of carbonyl (C=O) groups excluding carboxylic acids is 3. The van der Waals surface area contributed by atoms with Crippen LogP contribution < -0.4 is 0 Å². The van der Waals surface area contributed by atoms with Gasteiger partial charge in [0.15, 0.2) is 0 Å². The highest BCUT2D eigenvalue weighted by atomic mass is 16.5. The van der Waals surface area contributed by atoms with Gasteiger partial charge in [-0.15, -0.1) is 0 Å². The van der Waals surface area contributed by atoms with Crippen molar-refractivity contribution in [3.05, 3.63) is 107 Å². The molecule has 0 N–H and O–H groups in total. The van der Waals surface area contributed by atoms with Crippen molar-refractivity contribution in [3.8, 4) is 0 Å². The predicted octanol–water partition coefficient (Wildman–Crippen LogP) is 6.41. The van der Waals surface area contributed by atoms with Gasteiger partial charge in [0.05, 0.1) is 31.5 Å². The fraction of sp³-hybridized carbons (Fsp3) is 0.206. The van der Waals surface area contributed by atoms with Gasteiger partial charge in [-0.1, -0.05) is 78.9 Å². The molecule has 6 nitrogen and oxygen atoms in total. The number of esters is 3. The molecule has 0 spiro atoms. The zero-order valence-electron chi connectivity index (χ0n) is 22.5. The molecule has 200 valence electrons. The normalized spacial score (nSPS) is 16.8. The van der Waals surface area contributed by atoms with Crippen LogP contribution >= 0.6 is 0 Å². The molecule has 0 bridgehead atoms. The molecule has 0 unspecified atom stereocenters. The third kappa shape index (κ3) is 3.74. The summed E-state index contributed by atoms with van der Waals surface area (Å²) in [6.07, 6.45) is 0. The molecule has 0 fully saturated rings. The molecule has 0 radical (unpaired) electrons. The van der Waals surface area contributed by atoms with Crippen molar-refractivity contribution in [2.24, 2.45) is 0 Å². The third-order valence-electron chi connectivity index (χ3n) is 7.76. The van der Waals surface area contributed by atoms with Crippen LogP contribution in [0, 0.1) is 0 Å². The number of hydrogen-bond acceptors (Lipinski definition) is 6. The average molecular weight is 533 g/mol. The summed E-state index contributed by atoms with van der Waals surface area (Å²) in [5.41, 5.74) is 2.29. The zero-order chi connectivity index (χ0) is 28.0. The largest absolute Gasteiger partial charge is 0.468 e. The SMILES string of the molecule is CCOC(=O)C1=C(C(=O)OCC)[C@H](c2ccccc2)c2c(c3cccc4ccc5cccc2c5c43)[C@@H]1C(=O)OC. The minimum absolute atomic E-state index is 0.0386. The second-order valence-electron chi connectivity index (χ2n) is 9.77. The standard InChI is InChI=1S/C34H28O6/c1-4-39-33(36)29-26(19-11-7-6-8-12-19)27-22-15-9-13-20-17-18-21-14-10-16-23(25(21)24(20)22)28(27)30(32(35)38-3)31(29)34(37)40-5-2/h6-18,26,30H,4-5H2,1-3H3/t26-,30+/m1/s1. The topological polar surface area (TPSA) is 78.9 Å². The minimum atomic E-state index is -1.19. The fourth-order valence-electron chi connectivity index (χ4n) is 6.32. The van der Waals surface area contributed by atoms with Gasteiger partial charge in [0, 0.05) is 5.92 Å². The van der Waals surface area contributed by atoms with Crippen LogP contribution in [0.5, 0.6) is 0 Å². The number of fused-ring (bicyclic) bond motifs is 3. The Morgan fingerprint density at radius 1 is 0.650 bits per heavy atom. The van der Waals surface area contributed by atoms with Crippen LogP contribution in [-0.2, 0) is 28.6 Å². The number of hydrogen-bond donors (Lipinski definition) is 0. The molecule has 0 saturated heterocycles. The van der Waals surface area contributed by atoms with E-state index in [2.05, 4.69) is 18.2 Å². The number of carbonyl (C=O) groups is 3. The maximum absolute atomic E-state index is 13.8. The van der Waals surface area contributed by atoms with E-state index in [1.807, 2.05) is 60.7 Å². The molecular weight excluding hydrogens is 504 g/mol. The summed E-state index contributed by atoms with van der Waals surface area (Å²) in [7, 11) is 1.29. The van der Waals surface area contributed by atoms with E-state index in [1.165, 1.54) is 7.11 Å². The molecule has 5 aromatic carbocycles. The van der Waals surface area contributed by atoms with Crippen LogP contribution in [0.2, 0.25) is 0 Å². The van der Waals surface area contributed by atoms with Crippen molar-refractivity contribution in [3.63, 3.8) is 0 Å². The molecule has 40 heavy (non-hydrogen) atoms. The molecule has 0 aromatic heterocycles. The Bertz CT molecular complexity index is 1820. The maximum Gasteiger partial charge on any atom is 0.335 e. The van der Waals surface area contributed by atoms with Crippen molar-refractivity contribution in [2.75, 3.05) is 20.3 Å². The number of rotatable bonds is 6. The monoisotopic (exact) mass is 532 g/mol. The Labute approximate surface area is 231 Å². The lowest BCUT2D eigenvalue weighted by Gasteiger charge is -2.36. The van der Waals surface area contributed by atoms with E-state index in [1.54, 1.807) is 13.8 Å². The van der Waals surface area contributed by atoms with E-state index in [0.717, 1.165) is 43.4 Å². The van der Waals surface area contributed by atoms with Gasteiger partial charge in [-0.25, -0.2) is 9.59 Å². The maximum atomic E-state index is 13.8. The zero-order valence-corrected chi connectivity index (χ0v) is 22.5. The lowest BCUT2D eigenvalue weighted by atomic mass is 9.66. The first-order valence-corrected chi connectivity index (χ1v) is 13.4. The first-order valence-electron chi connectivity index (χ1n) is 13.4. The van der Waals surface area contributed by atoms with Gasteiger partial charge in [-0.05, 0) is 62.9 Å². The molecule has 6 rings (SSSR count). The summed E-state index contributed by atoms with van der Waals surface area (Å²) in [5, 5.41) is 5.84. The molecular formula is C34H28O6. The van der Waals surface area contributed by atoms with Gasteiger partial charge in [0.1, 0.15) is 5.92 Å². The van der Waals surface area contributed by atoms with Gasteiger partial charge in [-0.3, -0.25) is 4.79 Å². The summed E-state index contributed by atoms with van der Waals surface area (Å²) in [6.45, 7) is 3.58. The van der Waals surface area contributed by atoms with Crippen molar-refractivity contribution in [1.82, 2.24) is 0 Å². The molecule has 0 heterocycles. The molecule has 1 aliphatic rings. The minimum Gasteiger partial charge on any atom is -0.468 e. The number of ether oxygens (including phenoxy) is 3. The molecule has 6 heteroatoms. The smallest absolute Gasteiger partial charge is 0.335 e. The van der Waals surface area contributed by atoms with Crippen LogP contribution in [-0.4, -0.2) is 38.2 Å². The summed E-state index contributed by atoms with van der Waals surface area (Å²) in [5.74, 6) is -3.92. The second kappa shape index (κ2) is 10.1. The Kier molecular flexibility index (Phi) is 6.46. The number of methoxy groups -OCH3 is 1. The summed E-state index contributed by atoms with van der Waals surface area (Å²) < 4.78 is 16.4. The lowest BCUT2D eigenvalue weighted by Crippen LogP contribution is -2.34. The third-order valence-corrected chi connectivity index (χ3v) is 7.76. The lowest BCUT2D eigenvalue weighted by molar-refractivity contribution is -0.146. The van der Waals surface area contributed by atoms with Crippen LogP contribution in [0.4, 0.5) is 0 Å². The molecule has 0 saturated carbocycles. The summed E-state index contributed by atoms with van der Waals surface area (Å²) in [4.78, 5) is 41.3. The van der Waals surface area contributed by atoms with E-state index in [4.69, 9.17) is 14.2 Å². The highest BCUT2D eigenvalue weighted by molar-refractivity contribution is 6.26. The average Bonchev–Trinajstić information content (AvgIpc) is 2.99. The van der Waals surface area contributed by atoms with Crippen LogP contribution in [0.3, 0.4) is 0 Å². The van der Waals surface area contributed by atoms with Gasteiger partial charge < -0.3 is 14.2 Å². The van der Waals surface area contributed by atoms with E-state index in [9.17, 15) is 14.4 Å². The van der Waals surface area contributed by atoms with Gasteiger partial charge in [0.25, 0.3) is 0 Å². The first kappa shape index (κ1) is 25.6. The highest BCUT2D eigenvalue weighted by Gasteiger charge is 2.47. The molecule has 1 aliphatic carbocycles. The van der Waals surface area contributed by atoms with Crippen molar-refractivity contribution >= 4 is 50.2 Å². The fourth-order valence-corrected chi connectivity index (χ4v) is 6.32. The van der Waals surface area contributed by atoms with Gasteiger partial charge >= 0.3 is 17.9 Å². The summed E-state index contributed by atoms with van der Waals surface area (Å²) >= 11 is 0. The van der Waals surface area contributed by atoms with Crippen LogP contribution in [0.15, 0.2) is 90.0 Å². The quantitative estimate of drug-likeness (QED) is 0.143. The van der Waals surface area contributed by atoms with E-state index >= 15 is 0 Å².